The van der Waals surface area contributed by atoms with Gasteiger partial charge in [0.1, 0.15) is 6.07 Å². The van der Waals surface area contributed by atoms with Gasteiger partial charge >= 0.3 is 0 Å². The summed E-state index contributed by atoms with van der Waals surface area (Å²) in [5, 5.41) is 12.2. The lowest BCUT2D eigenvalue weighted by Crippen LogP contribution is -3.10. The van der Waals surface area contributed by atoms with Crippen molar-refractivity contribution in [1.82, 2.24) is 0 Å². The van der Waals surface area contributed by atoms with Gasteiger partial charge in [0.05, 0.1) is 53.3 Å². The Morgan fingerprint density at radius 1 is 0.967 bits per heavy atom. The molecule has 1 atom stereocenters. The molecule has 2 aromatic carbocycles. The number of rotatable bonds is 10. The molecule has 8 heteroatoms. The number of nitriles is 1. The molecule has 0 bridgehead atoms. The van der Waals surface area contributed by atoms with E-state index in [0.29, 0.717) is 34.2 Å². The van der Waals surface area contributed by atoms with Gasteiger partial charge in [0.15, 0.2) is 29.5 Å². The number of nitrogens with one attached hydrogen (secondary N) is 2. The van der Waals surface area contributed by atoms with Crippen LogP contribution in [0.15, 0.2) is 30.3 Å². The molecule has 0 aliphatic heterocycles. The third-order valence-corrected chi connectivity index (χ3v) is 4.67. The molecule has 2 rings (SSSR count). The largest absolute Gasteiger partial charge is 0.493 e. The van der Waals surface area contributed by atoms with Crippen molar-refractivity contribution in [3.05, 3.63) is 41.5 Å². The fourth-order valence-corrected chi connectivity index (χ4v) is 3.03. The van der Waals surface area contributed by atoms with Crippen LogP contribution in [0, 0.1) is 11.3 Å². The molecule has 0 aliphatic rings. The summed E-state index contributed by atoms with van der Waals surface area (Å²) < 4.78 is 21.0. The molecule has 1 unspecified atom stereocenters. The van der Waals surface area contributed by atoms with Gasteiger partial charge in [-0.3, -0.25) is 4.79 Å². The van der Waals surface area contributed by atoms with Crippen LogP contribution in [0.3, 0.4) is 0 Å². The molecule has 0 saturated heterocycles. The van der Waals surface area contributed by atoms with Gasteiger partial charge in [0.25, 0.3) is 5.91 Å². The second kappa shape index (κ2) is 10.9. The zero-order valence-electron chi connectivity index (χ0n) is 18.0. The van der Waals surface area contributed by atoms with Crippen molar-refractivity contribution in [2.75, 3.05) is 53.9 Å². The summed E-state index contributed by atoms with van der Waals surface area (Å²) in [6, 6.07) is 11.0. The Labute approximate surface area is 176 Å². The van der Waals surface area contributed by atoms with Gasteiger partial charge in [-0.1, -0.05) is 6.07 Å². The van der Waals surface area contributed by atoms with Gasteiger partial charge in [-0.2, -0.15) is 5.26 Å². The van der Waals surface area contributed by atoms with Crippen molar-refractivity contribution in [3.8, 4) is 29.1 Å². The number of methoxy groups -OCH3 is 4. The first-order valence-corrected chi connectivity index (χ1v) is 9.43. The predicted molar refractivity (Wildman–Crippen MR) is 113 cm³/mol. The summed E-state index contributed by atoms with van der Waals surface area (Å²) in [7, 11) is 8.15. The van der Waals surface area contributed by atoms with Crippen LogP contribution in [0.1, 0.15) is 11.1 Å². The van der Waals surface area contributed by atoms with Crippen LogP contribution in [0.5, 0.6) is 23.0 Å². The Morgan fingerprint density at radius 3 is 2.17 bits per heavy atom. The van der Waals surface area contributed by atoms with Gasteiger partial charge in [-0.05, 0) is 17.7 Å². The lowest BCUT2D eigenvalue weighted by atomic mass is 10.1. The highest BCUT2D eigenvalue weighted by atomic mass is 16.5. The zero-order valence-corrected chi connectivity index (χ0v) is 18.0. The normalized spacial score (nSPS) is 11.2. The maximum absolute atomic E-state index is 12.5. The van der Waals surface area contributed by atoms with E-state index in [9.17, 15) is 10.1 Å². The number of quaternary nitrogens is 1. The molecule has 0 spiro atoms. The SMILES string of the molecule is COc1ccc(CC[NH+](C)CC(=O)Nc2cc(OC)c(OC)cc2C#N)cc1OC. The molecule has 0 heterocycles. The first-order valence-electron chi connectivity index (χ1n) is 9.43. The van der Waals surface area contributed by atoms with Gasteiger partial charge < -0.3 is 29.2 Å². The minimum absolute atomic E-state index is 0.191. The van der Waals surface area contributed by atoms with Crippen LogP contribution in [0.4, 0.5) is 5.69 Å². The van der Waals surface area contributed by atoms with Crippen LogP contribution in [0.2, 0.25) is 0 Å². The first kappa shape index (κ1) is 22.8. The van der Waals surface area contributed by atoms with E-state index < -0.39 is 0 Å². The monoisotopic (exact) mass is 414 g/mol. The number of nitrogens with zero attached hydrogens (tertiary/aromatic N) is 1. The minimum Gasteiger partial charge on any atom is -0.493 e. The molecule has 1 amide bonds. The highest BCUT2D eigenvalue weighted by Crippen LogP contribution is 2.33. The summed E-state index contributed by atoms with van der Waals surface area (Å²) in [4.78, 5) is 13.5. The molecular weight excluding hydrogens is 386 g/mol. The van der Waals surface area contributed by atoms with Crippen molar-refractivity contribution in [2.24, 2.45) is 0 Å². The van der Waals surface area contributed by atoms with Gasteiger partial charge in [-0.15, -0.1) is 0 Å². The molecule has 2 aromatic rings. The Morgan fingerprint density at radius 2 is 1.57 bits per heavy atom. The van der Waals surface area contributed by atoms with Gasteiger partial charge in [0, 0.05) is 18.6 Å². The van der Waals surface area contributed by atoms with E-state index in [-0.39, 0.29) is 12.5 Å². The molecule has 0 aromatic heterocycles. The summed E-state index contributed by atoms with van der Waals surface area (Å²) in [5.74, 6) is 2.06. The highest BCUT2D eigenvalue weighted by Gasteiger charge is 2.16. The Bertz CT molecular complexity index is 924. The van der Waals surface area contributed by atoms with E-state index in [4.69, 9.17) is 18.9 Å². The maximum atomic E-state index is 12.5. The van der Waals surface area contributed by atoms with Crippen molar-refractivity contribution in [1.29, 1.82) is 5.26 Å². The number of carbonyl (C=O) groups is 1. The number of carbonyl (C=O) groups excluding carboxylic acids is 1. The third-order valence-electron chi connectivity index (χ3n) is 4.67. The Kier molecular flexibility index (Phi) is 8.32. The van der Waals surface area contributed by atoms with Crippen LogP contribution >= 0.6 is 0 Å². The quantitative estimate of drug-likeness (QED) is 0.609. The number of amides is 1. The molecule has 0 fully saturated rings. The molecular formula is C22H28N3O5+. The van der Waals surface area contributed by atoms with Crippen LogP contribution in [-0.2, 0) is 11.2 Å². The van der Waals surface area contributed by atoms with E-state index in [1.807, 2.05) is 25.2 Å². The average Bonchev–Trinajstić information content (AvgIpc) is 2.76. The third kappa shape index (κ3) is 5.78. The number of hydrogen-bond acceptors (Lipinski definition) is 6. The summed E-state index contributed by atoms with van der Waals surface area (Å²) in [6.07, 6.45) is 0.777. The van der Waals surface area contributed by atoms with Crippen LogP contribution in [0.25, 0.3) is 0 Å². The van der Waals surface area contributed by atoms with E-state index >= 15 is 0 Å². The molecule has 2 N–H and O–H groups in total. The van der Waals surface area contributed by atoms with E-state index in [2.05, 4.69) is 11.4 Å². The standard InChI is InChI=1S/C22H27N3O5/c1-25(9-8-15-6-7-18(27-2)19(10-15)28-3)14-22(26)24-17-12-21(30-5)20(29-4)11-16(17)13-23/h6-7,10-12H,8-9,14H2,1-5H3,(H,24,26)/p+1. The molecule has 0 radical (unpaired) electrons. The number of likely N-dealkylation sites (N-methyl/N-ethyl adjacent to an activating group) is 1. The minimum atomic E-state index is -0.191. The fraction of sp³-hybridized carbons (Fsp3) is 0.364. The van der Waals surface area contributed by atoms with Crippen molar-refractivity contribution >= 4 is 11.6 Å². The zero-order chi connectivity index (χ0) is 22.1. The van der Waals surface area contributed by atoms with E-state index in [1.54, 1.807) is 26.4 Å². The summed E-state index contributed by atoms with van der Waals surface area (Å²) in [5.41, 5.74) is 1.80. The van der Waals surface area contributed by atoms with E-state index in [0.717, 1.165) is 23.4 Å². The Hall–Kier alpha value is -3.44. The molecule has 8 nitrogen and oxygen atoms in total. The number of hydrogen-bond donors (Lipinski definition) is 2. The maximum Gasteiger partial charge on any atom is 0.279 e. The number of anilines is 1. The number of ether oxygens (including phenoxy) is 4. The first-order chi connectivity index (χ1) is 14.4. The van der Waals surface area contributed by atoms with Crippen LogP contribution in [-0.4, -0.2) is 54.5 Å². The van der Waals surface area contributed by atoms with Gasteiger partial charge in [0.2, 0.25) is 0 Å². The van der Waals surface area contributed by atoms with Crippen molar-refractivity contribution in [2.45, 2.75) is 6.42 Å². The highest BCUT2D eigenvalue weighted by molar-refractivity contribution is 5.93. The van der Waals surface area contributed by atoms with Crippen molar-refractivity contribution in [3.63, 3.8) is 0 Å². The lowest BCUT2D eigenvalue weighted by molar-refractivity contribution is -0.870. The second-order valence-corrected chi connectivity index (χ2v) is 6.74. The van der Waals surface area contributed by atoms with Crippen molar-refractivity contribution < 1.29 is 28.6 Å². The van der Waals surface area contributed by atoms with E-state index in [1.165, 1.54) is 14.2 Å². The molecule has 0 saturated carbocycles. The van der Waals surface area contributed by atoms with Crippen LogP contribution < -0.4 is 29.2 Å². The number of benzene rings is 2. The Balaban J connectivity index is 1.97. The average molecular weight is 414 g/mol. The fourth-order valence-electron chi connectivity index (χ4n) is 3.03. The molecule has 30 heavy (non-hydrogen) atoms. The topological polar surface area (TPSA) is 94.3 Å². The predicted octanol–water partition coefficient (Wildman–Crippen LogP) is 1.29. The lowest BCUT2D eigenvalue weighted by Gasteiger charge is -2.16. The smallest absolute Gasteiger partial charge is 0.279 e. The summed E-state index contributed by atoms with van der Waals surface area (Å²) in [6.45, 7) is 1.01. The molecule has 160 valence electrons. The second-order valence-electron chi connectivity index (χ2n) is 6.74. The molecule has 0 aliphatic carbocycles. The van der Waals surface area contributed by atoms with Gasteiger partial charge in [-0.25, -0.2) is 0 Å². The summed E-state index contributed by atoms with van der Waals surface area (Å²) >= 11 is 0.